The van der Waals surface area contributed by atoms with Crippen LogP contribution >= 0.6 is 15.9 Å². The summed E-state index contributed by atoms with van der Waals surface area (Å²) >= 11 is 3.41. The Morgan fingerprint density at radius 1 is 0.963 bits per heavy atom. The first-order chi connectivity index (χ1) is 13.2. The third-order valence-corrected chi connectivity index (χ3v) is 4.79. The second-order valence-electron chi connectivity index (χ2n) is 6.20. The number of benzene rings is 3. The number of carbonyl (C=O) groups excluding carboxylic acids is 1. The zero-order valence-corrected chi connectivity index (χ0v) is 16.8. The van der Waals surface area contributed by atoms with Gasteiger partial charge in [0, 0.05) is 22.1 Å². The van der Waals surface area contributed by atoms with E-state index >= 15 is 0 Å². The number of ether oxygens (including phenoxy) is 1. The molecule has 0 spiro atoms. The van der Waals surface area contributed by atoms with Crippen LogP contribution in [-0.2, 0) is 0 Å². The number of Topliss-reactive ketones (excluding diaryl/α,β-unsaturated/α-hetero) is 1. The van der Waals surface area contributed by atoms with Gasteiger partial charge in [0.15, 0.2) is 5.78 Å². The highest BCUT2D eigenvalue weighted by Gasteiger charge is 2.17. The monoisotopic (exact) mass is 423 g/mol. The Hall–Kier alpha value is -2.59. The van der Waals surface area contributed by atoms with Gasteiger partial charge in [0.05, 0.1) is 12.6 Å². The van der Waals surface area contributed by atoms with Gasteiger partial charge in [-0.3, -0.25) is 4.79 Å². The van der Waals surface area contributed by atoms with E-state index in [9.17, 15) is 4.79 Å². The zero-order chi connectivity index (χ0) is 19.1. The molecule has 3 aromatic rings. The van der Waals surface area contributed by atoms with Gasteiger partial charge in [0.2, 0.25) is 0 Å². The SMILES string of the molecule is CCOc1ccc(NC(CC(=O)c2ccc(Br)cc2)c2ccccc2)cc1. The van der Waals surface area contributed by atoms with E-state index in [1.54, 1.807) is 0 Å². The fourth-order valence-corrected chi connectivity index (χ4v) is 3.16. The number of carbonyl (C=O) groups is 1. The predicted molar refractivity (Wildman–Crippen MR) is 114 cm³/mol. The summed E-state index contributed by atoms with van der Waals surface area (Å²) in [6, 6.07) is 25.3. The van der Waals surface area contributed by atoms with Crippen molar-refractivity contribution in [3.8, 4) is 5.75 Å². The lowest BCUT2D eigenvalue weighted by molar-refractivity contribution is 0.0976. The number of anilines is 1. The first-order valence-corrected chi connectivity index (χ1v) is 9.78. The van der Waals surface area contributed by atoms with Crippen LogP contribution in [0.2, 0.25) is 0 Å². The maximum Gasteiger partial charge on any atom is 0.165 e. The van der Waals surface area contributed by atoms with E-state index in [2.05, 4.69) is 21.2 Å². The Labute approximate surface area is 168 Å². The second-order valence-corrected chi connectivity index (χ2v) is 7.11. The molecule has 0 bridgehead atoms. The first-order valence-electron chi connectivity index (χ1n) is 8.99. The maximum atomic E-state index is 12.8. The molecule has 0 fully saturated rings. The smallest absolute Gasteiger partial charge is 0.165 e. The van der Waals surface area contributed by atoms with Crippen molar-refractivity contribution in [1.29, 1.82) is 0 Å². The topological polar surface area (TPSA) is 38.3 Å². The van der Waals surface area contributed by atoms with Gasteiger partial charge in [-0.05, 0) is 48.9 Å². The molecule has 0 heterocycles. The van der Waals surface area contributed by atoms with Crippen LogP contribution in [0.5, 0.6) is 5.75 Å². The van der Waals surface area contributed by atoms with Gasteiger partial charge in [-0.15, -0.1) is 0 Å². The molecule has 3 aromatic carbocycles. The van der Waals surface area contributed by atoms with Crippen LogP contribution in [-0.4, -0.2) is 12.4 Å². The van der Waals surface area contributed by atoms with Crippen LogP contribution in [0.25, 0.3) is 0 Å². The summed E-state index contributed by atoms with van der Waals surface area (Å²) in [5, 5.41) is 3.49. The number of rotatable bonds is 8. The average molecular weight is 424 g/mol. The largest absolute Gasteiger partial charge is 0.494 e. The minimum atomic E-state index is -0.111. The van der Waals surface area contributed by atoms with E-state index in [-0.39, 0.29) is 11.8 Å². The standard InChI is InChI=1S/C23H22BrNO2/c1-2-27-21-14-12-20(13-15-21)25-22(17-6-4-3-5-7-17)16-23(26)18-8-10-19(24)11-9-18/h3-15,22,25H,2,16H2,1H3. The van der Waals surface area contributed by atoms with Crippen molar-refractivity contribution < 1.29 is 9.53 Å². The van der Waals surface area contributed by atoms with Crippen molar-refractivity contribution in [2.45, 2.75) is 19.4 Å². The van der Waals surface area contributed by atoms with E-state index in [1.165, 1.54) is 0 Å². The van der Waals surface area contributed by atoms with E-state index in [4.69, 9.17) is 4.74 Å². The third-order valence-electron chi connectivity index (χ3n) is 4.26. The highest BCUT2D eigenvalue weighted by Crippen LogP contribution is 2.26. The van der Waals surface area contributed by atoms with E-state index < -0.39 is 0 Å². The van der Waals surface area contributed by atoms with Crippen molar-refractivity contribution in [2.24, 2.45) is 0 Å². The normalized spacial score (nSPS) is 11.6. The molecule has 0 saturated heterocycles. The van der Waals surface area contributed by atoms with Gasteiger partial charge in [0.1, 0.15) is 5.75 Å². The summed E-state index contributed by atoms with van der Waals surface area (Å²) < 4.78 is 6.46. The Morgan fingerprint density at radius 3 is 2.26 bits per heavy atom. The Kier molecular flexibility index (Phi) is 6.66. The zero-order valence-electron chi connectivity index (χ0n) is 15.2. The van der Waals surface area contributed by atoms with Gasteiger partial charge < -0.3 is 10.1 Å². The molecule has 0 aliphatic carbocycles. The Bertz CT molecular complexity index is 861. The molecule has 27 heavy (non-hydrogen) atoms. The number of ketones is 1. The Morgan fingerprint density at radius 2 is 1.63 bits per heavy atom. The molecule has 1 atom stereocenters. The minimum Gasteiger partial charge on any atom is -0.494 e. The molecular formula is C23H22BrNO2. The van der Waals surface area contributed by atoms with Gasteiger partial charge in [0.25, 0.3) is 0 Å². The molecule has 1 unspecified atom stereocenters. The number of hydrogen-bond donors (Lipinski definition) is 1. The molecule has 0 amide bonds. The molecule has 4 heteroatoms. The molecule has 3 nitrogen and oxygen atoms in total. The molecule has 3 rings (SSSR count). The summed E-state index contributed by atoms with van der Waals surface area (Å²) in [6.45, 7) is 2.60. The molecule has 0 radical (unpaired) electrons. The lowest BCUT2D eigenvalue weighted by atomic mass is 9.97. The fraction of sp³-hybridized carbons (Fsp3) is 0.174. The quantitative estimate of drug-likeness (QED) is 0.433. The molecular weight excluding hydrogens is 402 g/mol. The van der Waals surface area contributed by atoms with Crippen LogP contribution < -0.4 is 10.1 Å². The summed E-state index contributed by atoms with van der Waals surface area (Å²) in [5.74, 6) is 0.944. The van der Waals surface area contributed by atoms with Crippen molar-refractivity contribution in [3.05, 3.63) is 94.5 Å². The van der Waals surface area contributed by atoms with E-state index in [1.807, 2.05) is 85.8 Å². The lowest BCUT2D eigenvalue weighted by Crippen LogP contribution is -2.15. The Balaban J connectivity index is 1.78. The van der Waals surface area contributed by atoms with Crippen molar-refractivity contribution in [2.75, 3.05) is 11.9 Å². The molecule has 0 saturated carbocycles. The number of hydrogen-bond acceptors (Lipinski definition) is 3. The summed E-state index contributed by atoms with van der Waals surface area (Å²) in [6.07, 6.45) is 0.374. The van der Waals surface area contributed by atoms with Crippen LogP contribution in [0.1, 0.15) is 35.3 Å². The predicted octanol–water partition coefficient (Wildman–Crippen LogP) is 6.27. The van der Waals surface area contributed by atoms with Crippen LogP contribution in [0.4, 0.5) is 5.69 Å². The maximum absolute atomic E-state index is 12.8. The summed E-state index contributed by atoms with van der Waals surface area (Å²) in [5.41, 5.74) is 2.75. The van der Waals surface area contributed by atoms with E-state index in [0.29, 0.717) is 18.6 Å². The van der Waals surface area contributed by atoms with Gasteiger partial charge in [-0.1, -0.05) is 58.4 Å². The van der Waals surface area contributed by atoms with Crippen molar-refractivity contribution >= 4 is 27.4 Å². The van der Waals surface area contributed by atoms with Crippen molar-refractivity contribution in [3.63, 3.8) is 0 Å². The van der Waals surface area contributed by atoms with Crippen LogP contribution in [0, 0.1) is 0 Å². The summed E-state index contributed by atoms with van der Waals surface area (Å²) in [4.78, 5) is 12.8. The molecule has 0 aliphatic heterocycles. The highest BCUT2D eigenvalue weighted by atomic mass is 79.9. The fourth-order valence-electron chi connectivity index (χ4n) is 2.89. The molecule has 1 N–H and O–H groups in total. The highest BCUT2D eigenvalue weighted by molar-refractivity contribution is 9.10. The van der Waals surface area contributed by atoms with Crippen LogP contribution in [0.3, 0.4) is 0 Å². The number of nitrogens with one attached hydrogen (secondary N) is 1. The minimum absolute atomic E-state index is 0.106. The molecule has 0 aliphatic rings. The van der Waals surface area contributed by atoms with Crippen molar-refractivity contribution in [1.82, 2.24) is 0 Å². The molecule has 138 valence electrons. The van der Waals surface area contributed by atoms with E-state index in [0.717, 1.165) is 21.5 Å². The molecule has 0 aromatic heterocycles. The second kappa shape index (κ2) is 9.38. The summed E-state index contributed by atoms with van der Waals surface area (Å²) in [7, 11) is 0. The van der Waals surface area contributed by atoms with Gasteiger partial charge in [-0.2, -0.15) is 0 Å². The lowest BCUT2D eigenvalue weighted by Gasteiger charge is -2.20. The number of halogens is 1. The van der Waals surface area contributed by atoms with Gasteiger partial charge in [-0.25, -0.2) is 0 Å². The average Bonchev–Trinajstić information content (AvgIpc) is 2.70. The first kappa shape index (κ1) is 19.2. The third kappa shape index (κ3) is 5.44. The van der Waals surface area contributed by atoms with Crippen LogP contribution in [0.15, 0.2) is 83.3 Å². The van der Waals surface area contributed by atoms with Gasteiger partial charge >= 0.3 is 0 Å².